The number of hydrogen-bond donors (Lipinski definition) is 1. The molecule has 4 rings (SSSR count). The van der Waals surface area contributed by atoms with E-state index in [0.717, 1.165) is 9.87 Å². The second-order valence-corrected chi connectivity index (χ2v) is 13.6. The molecule has 0 radical (unpaired) electrons. The number of nitrogens with zero attached hydrogens (tertiary/aromatic N) is 2. The highest BCUT2D eigenvalue weighted by atomic mass is 35.5. The molecule has 0 aliphatic heterocycles. The van der Waals surface area contributed by atoms with Gasteiger partial charge >= 0.3 is 0 Å². The lowest BCUT2D eigenvalue weighted by Crippen LogP contribution is -2.54. The van der Waals surface area contributed by atoms with Crippen LogP contribution in [-0.4, -0.2) is 43.8 Å². The Bertz CT molecular complexity index is 1720. The number of halogens is 2. The molecular weight excluding hydrogens is 629 g/mol. The second kappa shape index (κ2) is 15.4. The van der Waals surface area contributed by atoms with Crippen LogP contribution in [0.25, 0.3) is 0 Å². The van der Waals surface area contributed by atoms with Crippen molar-refractivity contribution < 1.29 is 18.0 Å². The minimum absolute atomic E-state index is 0.0221. The molecule has 0 unspecified atom stereocenters. The zero-order chi connectivity index (χ0) is 32.6. The first-order valence-electron chi connectivity index (χ1n) is 14.7. The van der Waals surface area contributed by atoms with E-state index >= 15 is 0 Å². The highest BCUT2D eigenvalue weighted by Crippen LogP contribution is 2.31. The number of carbonyl (C=O) groups is 2. The van der Waals surface area contributed by atoms with Crippen LogP contribution < -0.4 is 9.62 Å². The Kier molecular flexibility index (Phi) is 11.7. The van der Waals surface area contributed by atoms with E-state index in [1.165, 1.54) is 17.0 Å². The summed E-state index contributed by atoms with van der Waals surface area (Å²) in [7, 11) is -4.22. The first-order valence-corrected chi connectivity index (χ1v) is 16.9. The predicted molar refractivity (Wildman–Crippen MR) is 181 cm³/mol. The van der Waals surface area contributed by atoms with Gasteiger partial charge in [0.2, 0.25) is 11.8 Å². The molecule has 0 aromatic heterocycles. The van der Waals surface area contributed by atoms with Gasteiger partial charge in [-0.3, -0.25) is 13.9 Å². The van der Waals surface area contributed by atoms with Gasteiger partial charge in [0, 0.05) is 29.1 Å². The number of amides is 2. The molecule has 0 saturated carbocycles. The van der Waals surface area contributed by atoms with Crippen molar-refractivity contribution in [1.82, 2.24) is 10.2 Å². The first-order chi connectivity index (χ1) is 21.5. The molecule has 45 heavy (non-hydrogen) atoms. The molecule has 10 heteroatoms. The van der Waals surface area contributed by atoms with Gasteiger partial charge in [0.1, 0.15) is 12.6 Å². The molecule has 1 N–H and O–H groups in total. The summed E-state index contributed by atoms with van der Waals surface area (Å²) in [6, 6.07) is 28.2. The Morgan fingerprint density at radius 3 is 2.11 bits per heavy atom. The van der Waals surface area contributed by atoms with Gasteiger partial charge < -0.3 is 10.2 Å². The second-order valence-electron chi connectivity index (χ2n) is 10.9. The Balaban J connectivity index is 1.83. The smallest absolute Gasteiger partial charge is 0.264 e. The lowest BCUT2D eigenvalue weighted by Gasteiger charge is -2.34. The summed E-state index contributed by atoms with van der Waals surface area (Å²) in [5, 5.41) is 3.87. The average Bonchev–Trinajstić information content (AvgIpc) is 3.03. The molecule has 4 aromatic rings. The van der Waals surface area contributed by atoms with Crippen molar-refractivity contribution in [2.24, 2.45) is 0 Å². The average molecular weight is 667 g/mol. The van der Waals surface area contributed by atoms with E-state index in [-0.39, 0.29) is 35.5 Å². The van der Waals surface area contributed by atoms with Gasteiger partial charge in [-0.15, -0.1) is 0 Å². The molecule has 0 aliphatic carbocycles. The van der Waals surface area contributed by atoms with Crippen LogP contribution in [0, 0.1) is 6.92 Å². The minimum Gasteiger partial charge on any atom is -0.352 e. The largest absolute Gasteiger partial charge is 0.352 e. The molecule has 0 aliphatic rings. The van der Waals surface area contributed by atoms with Gasteiger partial charge in [0.25, 0.3) is 10.0 Å². The van der Waals surface area contributed by atoms with E-state index in [1.54, 1.807) is 61.5 Å². The van der Waals surface area contributed by atoms with Gasteiger partial charge in [-0.2, -0.15) is 0 Å². The quantitative estimate of drug-likeness (QED) is 0.166. The number of sulfonamides is 1. The summed E-state index contributed by atoms with van der Waals surface area (Å²) >= 11 is 12.7. The van der Waals surface area contributed by atoms with Crippen molar-refractivity contribution in [3.05, 3.63) is 130 Å². The minimum atomic E-state index is -4.22. The lowest BCUT2D eigenvalue weighted by molar-refractivity contribution is -0.140. The predicted octanol–water partition coefficient (Wildman–Crippen LogP) is 7.05. The summed E-state index contributed by atoms with van der Waals surface area (Å²) in [6.07, 6.45) is 0.917. The molecule has 0 spiro atoms. The third kappa shape index (κ3) is 8.66. The first kappa shape index (κ1) is 34.0. The SMILES string of the molecule is CC[C@H](C)NC(=O)[C@@H](Cc1ccccc1)N(Cc1cccc(Cl)c1)C(=O)CN(c1cccc(Cl)c1C)S(=O)(=O)c1ccccc1. The van der Waals surface area contributed by atoms with E-state index < -0.39 is 28.5 Å². The molecule has 0 heterocycles. The molecule has 0 saturated heterocycles. The van der Waals surface area contributed by atoms with Crippen LogP contribution in [-0.2, 0) is 32.6 Å². The molecule has 0 fully saturated rings. The number of benzene rings is 4. The highest BCUT2D eigenvalue weighted by molar-refractivity contribution is 7.92. The van der Waals surface area contributed by atoms with Crippen molar-refractivity contribution in [2.45, 2.75) is 57.1 Å². The molecule has 4 aromatic carbocycles. The van der Waals surface area contributed by atoms with Crippen LogP contribution in [0.1, 0.15) is 37.0 Å². The van der Waals surface area contributed by atoms with Crippen molar-refractivity contribution in [2.75, 3.05) is 10.8 Å². The van der Waals surface area contributed by atoms with Crippen LogP contribution in [0.5, 0.6) is 0 Å². The van der Waals surface area contributed by atoms with Crippen molar-refractivity contribution in [3.63, 3.8) is 0 Å². The maximum Gasteiger partial charge on any atom is 0.264 e. The van der Waals surface area contributed by atoms with E-state index in [9.17, 15) is 18.0 Å². The molecule has 2 atom stereocenters. The lowest BCUT2D eigenvalue weighted by atomic mass is 10.0. The number of rotatable bonds is 13. The highest BCUT2D eigenvalue weighted by Gasteiger charge is 2.35. The van der Waals surface area contributed by atoms with Crippen LogP contribution in [0.3, 0.4) is 0 Å². The van der Waals surface area contributed by atoms with Crippen molar-refractivity contribution >= 4 is 50.7 Å². The Morgan fingerprint density at radius 2 is 1.47 bits per heavy atom. The molecular formula is C35H37Cl2N3O4S. The Morgan fingerprint density at radius 1 is 0.844 bits per heavy atom. The molecule has 236 valence electrons. The standard InChI is InChI=1S/C35H37Cl2N3O4S/c1-4-25(2)38-35(42)33(22-27-13-7-5-8-14-27)39(23-28-15-11-16-29(36)21-28)34(41)24-40(32-20-12-19-31(37)26(32)3)45(43,44)30-17-9-6-10-18-30/h5-21,25,33H,4,22-24H2,1-3H3,(H,38,42)/t25-,33+/m0/s1. The van der Waals surface area contributed by atoms with Crippen LogP contribution >= 0.6 is 23.2 Å². The Labute approximate surface area is 275 Å². The third-order valence-corrected chi connectivity index (χ3v) is 10.1. The van der Waals surface area contributed by atoms with Crippen LogP contribution in [0.2, 0.25) is 10.0 Å². The van der Waals surface area contributed by atoms with Crippen molar-refractivity contribution in [1.29, 1.82) is 0 Å². The van der Waals surface area contributed by atoms with Gasteiger partial charge in [0.05, 0.1) is 10.6 Å². The molecule has 7 nitrogen and oxygen atoms in total. The van der Waals surface area contributed by atoms with Gasteiger partial charge in [-0.25, -0.2) is 8.42 Å². The van der Waals surface area contributed by atoms with E-state index in [1.807, 2.05) is 50.2 Å². The van der Waals surface area contributed by atoms with E-state index in [4.69, 9.17) is 23.2 Å². The van der Waals surface area contributed by atoms with E-state index in [2.05, 4.69) is 5.32 Å². The summed E-state index contributed by atoms with van der Waals surface area (Å²) < 4.78 is 29.4. The molecule has 2 amide bonds. The zero-order valence-corrected chi connectivity index (χ0v) is 27.8. The Hall–Kier alpha value is -3.85. The summed E-state index contributed by atoms with van der Waals surface area (Å²) in [5.74, 6) is -0.894. The van der Waals surface area contributed by atoms with E-state index in [0.29, 0.717) is 27.6 Å². The summed E-state index contributed by atoms with van der Waals surface area (Å²) in [6.45, 7) is 5.03. The normalized spacial score (nSPS) is 12.6. The topological polar surface area (TPSA) is 86.8 Å². The fraction of sp³-hybridized carbons (Fsp3) is 0.257. The van der Waals surface area contributed by atoms with Gasteiger partial charge in [0.15, 0.2) is 0 Å². The number of hydrogen-bond acceptors (Lipinski definition) is 4. The fourth-order valence-corrected chi connectivity index (χ4v) is 6.80. The van der Waals surface area contributed by atoms with Crippen LogP contribution in [0.15, 0.2) is 108 Å². The third-order valence-electron chi connectivity index (χ3n) is 7.63. The maximum atomic E-state index is 14.6. The fourth-order valence-electron chi connectivity index (χ4n) is 4.93. The maximum absolute atomic E-state index is 14.6. The molecule has 0 bridgehead atoms. The number of carbonyl (C=O) groups excluding carboxylic acids is 2. The van der Waals surface area contributed by atoms with Gasteiger partial charge in [-0.1, -0.05) is 96.9 Å². The zero-order valence-electron chi connectivity index (χ0n) is 25.5. The monoisotopic (exact) mass is 665 g/mol. The number of anilines is 1. The van der Waals surface area contributed by atoms with Crippen molar-refractivity contribution in [3.8, 4) is 0 Å². The summed E-state index contributed by atoms with van der Waals surface area (Å²) in [4.78, 5) is 29.9. The van der Waals surface area contributed by atoms with Gasteiger partial charge in [-0.05, 0) is 73.4 Å². The number of nitrogens with one attached hydrogen (secondary N) is 1. The summed E-state index contributed by atoms with van der Waals surface area (Å²) in [5.41, 5.74) is 2.32. The van der Waals surface area contributed by atoms with Crippen LogP contribution in [0.4, 0.5) is 5.69 Å².